The number of hydrogen-bond acceptors (Lipinski definition) is 4. The van der Waals surface area contributed by atoms with Crippen molar-refractivity contribution in [3.8, 4) is 0 Å². The summed E-state index contributed by atoms with van der Waals surface area (Å²) in [7, 11) is 1.31. The topological polar surface area (TPSA) is 67.8 Å². The van der Waals surface area contributed by atoms with E-state index >= 15 is 0 Å². The van der Waals surface area contributed by atoms with Crippen molar-refractivity contribution < 1.29 is 14.3 Å². The van der Waals surface area contributed by atoms with Gasteiger partial charge in [-0.15, -0.1) is 0 Å². The maximum Gasteiger partial charge on any atom is 0.337 e. The van der Waals surface area contributed by atoms with E-state index in [1.807, 2.05) is 0 Å². The zero-order valence-corrected chi connectivity index (χ0v) is 13.6. The Morgan fingerprint density at radius 3 is 2.43 bits per heavy atom. The highest BCUT2D eigenvalue weighted by atomic mass is 35.5. The Labute approximate surface area is 142 Å². The van der Waals surface area contributed by atoms with Crippen molar-refractivity contribution in [2.24, 2.45) is 5.10 Å². The number of halogens is 2. The molecular formula is C16H12Cl2N2O3. The fraction of sp³-hybridized carbons (Fsp3) is 0.0625. The number of carbonyl (C=O) groups excluding carboxylic acids is 2. The van der Waals surface area contributed by atoms with E-state index in [2.05, 4.69) is 15.3 Å². The summed E-state index contributed by atoms with van der Waals surface area (Å²) in [6.07, 6.45) is 1.45. The van der Waals surface area contributed by atoms with E-state index in [0.29, 0.717) is 16.1 Å². The second-order valence-electron chi connectivity index (χ2n) is 4.44. The number of nitrogens with one attached hydrogen (secondary N) is 1. The average molecular weight is 351 g/mol. The van der Waals surface area contributed by atoms with Crippen LogP contribution in [-0.4, -0.2) is 25.2 Å². The number of ether oxygens (including phenoxy) is 1. The third-order valence-corrected chi connectivity index (χ3v) is 3.44. The molecule has 0 bridgehead atoms. The van der Waals surface area contributed by atoms with Crippen molar-refractivity contribution in [3.63, 3.8) is 0 Å². The lowest BCUT2D eigenvalue weighted by Crippen LogP contribution is -2.18. The monoisotopic (exact) mass is 350 g/mol. The van der Waals surface area contributed by atoms with Gasteiger partial charge >= 0.3 is 5.97 Å². The van der Waals surface area contributed by atoms with Crippen LogP contribution in [0.1, 0.15) is 26.3 Å². The van der Waals surface area contributed by atoms with Gasteiger partial charge in [-0.05, 0) is 35.9 Å². The summed E-state index contributed by atoms with van der Waals surface area (Å²) in [5.74, 6) is -0.867. The van der Waals surface area contributed by atoms with Crippen molar-refractivity contribution >= 4 is 41.3 Å². The van der Waals surface area contributed by atoms with Crippen molar-refractivity contribution in [2.45, 2.75) is 0 Å². The van der Waals surface area contributed by atoms with Gasteiger partial charge in [-0.1, -0.05) is 35.3 Å². The zero-order valence-electron chi connectivity index (χ0n) is 12.0. The number of hydrazone groups is 1. The Morgan fingerprint density at radius 1 is 1.13 bits per heavy atom. The fourth-order valence-electron chi connectivity index (χ4n) is 1.72. The van der Waals surface area contributed by atoms with Crippen molar-refractivity contribution in [1.29, 1.82) is 0 Å². The zero-order chi connectivity index (χ0) is 16.8. The van der Waals surface area contributed by atoms with Gasteiger partial charge in [0.05, 0.1) is 29.5 Å². The first-order chi connectivity index (χ1) is 11.0. The molecule has 23 heavy (non-hydrogen) atoms. The van der Waals surface area contributed by atoms with Crippen LogP contribution in [0.25, 0.3) is 0 Å². The van der Waals surface area contributed by atoms with Gasteiger partial charge in [0.15, 0.2) is 0 Å². The number of benzene rings is 2. The van der Waals surface area contributed by atoms with Crippen molar-refractivity contribution in [1.82, 2.24) is 5.43 Å². The molecular weight excluding hydrogens is 339 g/mol. The van der Waals surface area contributed by atoms with E-state index in [9.17, 15) is 9.59 Å². The molecule has 5 nitrogen and oxygen atoms in total. The van der Waals surface area contributed by atoms with Gasteiger partial charge in [0.25, 0.3) is 5.91 Å². The molecule has 0 radical (unpaired) electrons. The van der Waals surface area contributed by atoms with Crippen LogP contribution in [0.5, 0.6) is 0 Å². The van der Waals surface area contributed by atoms with Gasteiger partial charge in [0, 0.05) is 5.02 Å². The predicted molar refractivity (Wildman–Crippen MR) is 89.3 cm³/mol. The average Bonchev–Trinajstić information content (AvgIpc) is 2.54. The van der Waals surface area contributed by atoms with Crippen LogP contribution in [0.2, 0.25) is 10.0 Å². The molecule has 2 aromatic rings. The summed E-state index contributed by atoms with van der Waals surface area (Å²) < 4.78 is 4.61. The summed E-state index contributed by atoms with van der Waals surface area (Å²) in [5.41, 5.74) is 3.78. The number of esters is 1. The molecule has 2 aromatic carbocycles. The molecule has 0 aromatic heterocycles. The van der Waals surface area contributed by atoms with Crippen LogP contribution in [-0.2, 0) is 4.74 Å². The highest BCUT2D eigenvalue weighted by Crippen LogP contribution is 2.20. The molecule has 0 saturated heterocycles. The van der Waals surface area contributed by atoms with Gasteiger partial charge < -0.3 is 4.74 Å². The lowest BCUT2D eigenvalue weighted by atomic mass is 10.1. The maximum atomic E-state index is 11.9. The summed E-state index contributed by atoms with van der Waals surface area (Å²) in [6, 6.07) is 11.1. The number of methoxy groups -OCH3 is 1. The smallest absolute Gasteiger partial charge is 0.337 e. The molecule has 0 aliphatic rings. The lowest BCUT2D eigenvalue weighted by molar-refractivity contribution is 0.0600. The minimum absolute atomic E-state index is 0.243. The SMILES string of the molecule is COC(=O)c1ccc(C=NNC(=O)c2ccc(Cl)cc2Cl)cc1. The Hall–Kier alpha value is -2.37. The van der Waals surface area contributed by atoms with E-state index in [1.165, 1.54) is 25.5 Å². The number of rotatable bonds is 4. The fourth-order valence-corrected chi connectivity index (χ4v) is 2.22. The number of hydrogen-bond donors (Lipinski definition) is 1. The molecule has 0 spiro atoms. The molecule has 118 valence electrons. The standard InChI is InChI=1S/C16H12Cl2N2O3/c1-23-16(22)11-4-2-10(3-5-11)9-19-20-15(21)13-7-6-12(17)8-14(13)18/h2-9H,1H3,(H,20,21). The van der Waals surface area contributed by atoms with Crippen LogP contribution in [0, 0.1) is 0 Å². The number of nitrogens with zero attached hydrogens (tertiary/aromatic N) is 1. The minimum Gasteiger partial charge on any atom is -0.465 e. The summed E-state index contributed by atoms with van der Waals surface area (Å²) in [4.78, 5) is 23.2. The van der Waals surface area contributed by atoms with Crippen LogP contribution in [0.3, 0.4) is 0 Å². The van der Waals surface area contributed by atoms with Gasteiger partial charge in [0.1, 0.15) is 0 Å². The van der Waals surface area contributed by atoms with E-state index in [4.69, 9.17) is 23.2 Å². The minimum atomic E-state index is -0.450. The first-order valence-corrected chi connectivity index (χ1v) is 7.23. The normalized spacial score (nSPS) is 10.6. The summed E-state index contributed by atoms with van der Waals surface area (Å²) in [5, 5.41) is 4.53. The quantitative estimate of drug-likeness (QED) is 0.520. The van der Waals surface area contributed by atoms with Crippen LogP contribution in [0.4, 0.5) is 0 Å². The molecule has 0 aliphatic heterocycles. The second-order valence-corrected chi connectivity index (χ2v) is 5.28. The number of carbonyl (C=O) groups is 2. The van der Waals surface area contributed by atoms with Crippen molar-refractivity contribution in [2.75, 3.05) is 7.11 Å². The van der Waals surface area contributed by atoms with E-state index in [0.717, 1.165) is 0 Å². The largest absolute Gasteiger partial charge is 0.465 e. The predicted octanol–water partition coefficient (Wildman–Crippen LogP) is 3.54. The Kier molecular flexibility index (Phi) is 5.73. The molecule has 2 rings (SSSR count). The Balaban J connectivity index is 2.01. The summed E-state index contributed by atoms with van der Waals surface area (Å²) >= 11 is 11.7. The Morgan fingerprint density at radius 2 is 1.83 bits per heavy atom. The molecule has 1 amide bonds. The first-order valence-electron chi connectivity index (χ1n) is 6.48. The first kappa shape index (κ1) is 17.0. The second kappa shape index (κ2) is 7.76. The van der Waals surface area contributed by atoms with Gasteiger partial charge in [-0.25, -0.2) is 10.2 Å². The van der Waals surface area contributed by atoms with E-state index in [1.54, 1.807) is 30.3 Å². The van der Waals surface area contributed by atoms with E-state index in [-0.39, 0.29) is 10.6 Å². The van der Waals surface area contributed by atoms with Gasteiger partial charge in [-0.2, -0.15) is 5.10 Å². The number of amides is 1. The third-order valence-electron chi connectivity index (χ3n) is 2.89. The molecule has 0 aliphatic carbocycles. The highest BCUT2D eigenvalue weighted by molar-refractivity contribution is 6.36. The van der Waals surface area contributed by atoms with Crippen LogP contribution in [0.15, 0.2) is 47.6 Å². The molecule has 0 saturated carbocycles. The van der Waals surface area contributed by atoms with E-state index < -0.39 is 11.9 Å². The lowest BCUT2D eigenvalue weighted by Gasteiger charge is -2.03. The molecule has 0 fully saturated rings. The third kappa shape index (κ3) is 4.55. The molecule has 7 heteroatoms. The molecule has 0 heterocycles. The Bertz CT molecular complexity index is 758. The highest BCUT2D eigenvalue weighted by Gasteiger charge is 2.09. The van der Waals surface area contributed by atoms with Crippen molar-refractivity contribution in [3.05, 3.63) is 69.2 Å². The molecule has 1 N–H and O–H groups in total. The van der Waals surface area contributed by atoms with Gasteiger partial charge in [-0.3, -0.25) is 4.79 Å². The molecule has 0 unspecified atom stereocenters. The maximum absolute atomic E-state index is 11.9. The van der Waals surface area contributed by atoms with Crippen LogP contribution >= 0.6 is 23.2 Å². The summed E-state index contributed by atoms with van der Waals surface area (Å²) in [6.45, 7) is 0. The van der Waals surface area contributed by atoms with Crippen LogP contribution < -0.4 is 5.43 Å². The molecule has 0 atom stereocenters. The van der Waals surface area contributed by atoms with Gasteiger partial charge in [0.2, 0.25) is 0 Å².